The van der Waals surface area contributed by atoms with Crippen molar-refractivity contribution in [3.05, 3.63) is 12.7 Å². The van der Waals surface area contributed by atoms with E-state index >= 15 is 0 Å². The molecule has 0 aliphatic carbocycles. The van der Waals surface area contributed by atoms with Gasteiger partial charge in [0.2, 0.25) is 5.88 Å². The highest BCUT2D eigenvalue weighted by molar-refractivity contribution is 5.75. The SMILES string of the molecule is OC[C@H]1OC(OC[C@H]2O[C@@H](n3cnc4c(O)ncnc43)[C@H](O)[C@@H]2O)[C@H](O)[C@@H]1O. The van der Waals surface area contributed by atoms with Crippen molar-refractivity contribution in [2.24, 2.45) is 0 Å². The highest BCUT2D eigenvalue weighted by Crippen LogP contribution is 2.33. The van der Waals surface area contributed by atoms with E-state index in [1.807, 2.05) is 0 Å². The minimum absolute atomic E-state index is 0.110. The van der Waals surface area contributed by atoms with E-state index in [9.17, 15) is 25.5 Å². The van der Waals surface area contributed by atoms with E-state index in [4.69, 9.17) is 19.3 Å². The smallest absolute Gasteiger partial charge is 0.242 e. The Bertz CT molecular complexity index is 835. The fraction of sp³-hybridized carbons (Fsp3) is 0.667. The van der Waals surface area contributed by atoms with Crippen molar-refractivity contribution in [3.63, 3.8) is 0 Å². The molecule has 13 heteroatoms. The topological polar surface area (TPSA) is 193 Å². The van der Waals surface area contributed by atoms with Crippen LogP contribution in [0.15, 0.2) is 12.7 Å². The zero-order valence-corrected chi connectivity index (χ0v) is 14.4. The average molecular weight is 400 g/mol. The first-order valence-corrected chi connectivity index (χ1v) is 8.54. The van der Waals surface area contributed by atoms with Crippen LogP contribution in [0.25, 0.3) is 11.2 Å². The van der Waals surface area contributed by atoms with E-state index in [1.165, 1.54) is 10.9 Å². The summed E-state index contributed by atoms with van der Waals surface area (Å²) in [6.45, 7) is -0.766. The molecule has 0 radical (unpaired) electrons. The first-order chi connectivity index (χ1) is 13.4. The Labute approximate surface area is 157 Å². The highest BCUT2D eigenvalue weighted by atomic mass is 16.7. The van der Waals surface area contributed by atoms with Gasteiger partial charge in [0, 0.05) is 0 Å². The molecular formula is C15H20N4O9. The quantitative estimate of drug-likeness (QED) is 0.292. The average Bonchev–Trinajstić information content (AvgIpc) is 3.32. The number of aliphatic hydroxyl groups excluding tert-OH is 5. The number of aromatic nitrogens is 4. The van der Waals surface area contributed by atoms with Crippen LogP contribution in [-0.4, -0.2) is 106 Å². The van der Waals surface area contributed by atoms with Gasteiger partial charge in [-0.05, 0) is 0 Å². The normalized spacial score (nSPS) is 38.5. The first-order valence-electron chi connectivity index (χ1n) is 8.54. The van der Waals surface area contributed by atoms with Gasteiger partial charge >= 0.3 is 0 Å². The van der Waals surface area contributed by atoms with Crippen molar-refractivity contribution in [1.82, 2.24) is 19.5 Å². The Morgan fingerprint density at radius 1 is 0.964 bits per heavy atom. The molecule has 0 bridgehead atoms. The predicted octanol–water partition coefficient (Wildman–Crippen LogP) is -3.39. The summed E-state index contributed by atoms with van der Waals surface area (Å²) in [5.41, 5.74) is 0.313. The lowest BCUT2D eigenvalue weighted by Crippen LogP contribution is -2.38. The molecule has 0 saturated carbocycles. The monoisotopic (exact) mass is 400 g/mol. The lowest BCUT2D eigenvalue weighted by molar-refractivity contribution is -0.190. The number of fused-ring (bicyclic) bond motifs is 1. The number of ether oxygens (including phenoxy) is 3. The van der Waals surface area contributed by atoms with Crippen LogP contribution in [0, 0.1) is 0 Å². The van der Waals surface area contributed by atoms with E-state index in [2.05, 4.69) is 15.0 Å². The first kappa shape index (κ1) is 19.4. The summed E-state index contributed by atoms with van der Waals surface area (Å²) in [5.74, 6) is -0.332. The maximum absolute atomic E-state index is 10.4. The molecule has 2 aliphatic heterocycles. The minimum Gasteiger partial charge on any atom is -0.492 e. The van der Waals surface area contributed by atoms with Gasteiger partial charge in [0.1, 0.15) is 43.0 Å². The molecule has 2 fully saturated rings. The van der Waals surface area contributed by atoms with Crippen molar-refractivity contribution in [1.29, 1.82) is 0 Å². The lowest BCUT2D eigenvalue weighted by atomic mass is 10.1. The summed E-state index contributed by atoms with van der Waals surface area (Å²) in [7, 11) is 0. The van der Waals surface area contributed by atoms with Gasteiger partial charge in [0.15, 0.2) is 23.7 Å². The van der Waals surface area contributed by atoms with E-state index in [0.29, 0.717) is 0 Å². The molecule has 6 N–H and O–H groups in total. The summed E-state index contributed by atoms with van der Waals surface area (Å²) < 4.78 is 17.6. The van der Waals surface area contributed by atoms with E-state index < -0.39 is 55.7 Å². The van der Waals surface area contributed by atoms with Crippen LogP contribution in [0.1, 0.15) is 6.23 Å². The second-order valence-corrected chi connectivity index (χ2v) is 6.61. The number of hydrogen-bond donors (Lipinski definition) is 6. The second-order valence-electron chi connectivity index (χ2n) is 6.61. The number of aromatic hydroxyl groups is 1. The molecule has 2 aliphatic rings. The maximum Gasteiger partial charge on any atom is 0.242 e. The van der Waals surface area contributed by atoms with Crippen molar-refractivity contribution < 1.29 is 44.8 Å². The number of imidazole rings is 1. The van der Waals surface area contributed by atoms with E-state index in [1.54, 1.807) is 0 Å². The predicted molar refractivity (Wildman–Crippen MR) is 86.6 cm³/mol. The van der Waals surface area contributed by atoms with Gasteiger partial charge in [0.05, 0.1) is 19.5 Å². The molecule has 0 amide bonds. The van der Waals surface area contributed by atoms with Crippen LogP contribution in [0.3, 0.4) is 0 Å². The Kier molecular flexibility index (Phi) is 5.15. The minimum atomic E-state index is -1.38. The zero-order valence-electron chi connectivity index (χ0n) is 14.4. The summed E-state index contributed by atoms with van der Waals surface area (Å²) in [6, 6.07) is 0. The Hall–Kier alpha value is -1.97. The third-order valence-corrected chi connectivity index (χ3v) is 4.87. The van der Waals surface area contributed by atoms with E-state index in [0.717, 1.165) is 6.33 Å². The van der Waals surface area contributed by atoms with Crippen LogP contribution >= 0.6 is 0 Å². The molecule has 2 aromatic heterocycles. The number of rotatable bonds is 5. The maximum atomic E-state index is 10.4. The molecular weight excluding hydrogens is 380 g/mol. The molecule has 0 aromatic carbocycles. The zero-order chi connectivity index (χ0) is 20.0. The molecule has 28 heavy (non-hydrogen) atoms. The summed E-state index contributed by atoms with van der Waals surface area (Å²) in [4.78, 5) is 11.6. The second kappa shape index (κ2) is 7.46. The van der Waals surface area contributed by atoms with Crippen molar-refractivity contribution >= 4 is 11.2 Å². The lowest BCUT2D eigenvalue weighted by Gasteiger charge is -2.20. The molecule has 8 atom stereocenters. The third kappa shape index (κ3) is 3.11. The number of hydrogen-bond acceptors (Lipinski definition) is 12. The summed E-state index contributed by atoms with van der Waals surface area (Å²) >= 11 is 0. The van der Waals surface area contributed by atoms with Crippen molar-refractivity contribution in [3.8, 4) is 5.88 Å². The fourth-order valence-electron chi connectivity index (χ4n) is 3.32. The van der Waals surface area contributed by atoms with E-state index in [-0.39, 0.29) is 23.7 Å². The highest BCUT2D eigenvalue weighted by Gasteiger charge is 2.47. The molecule has 2 aromatic rings. The molecule has 4 rings (SSSR count). The molecule has 1 unspecified atom stereocenters. The standard InChI is InChI=1S/C15H20N4O9/c20-1-5-8(21)11(24)15(28-5)26-2-6-9(22)10(23)14(27-6)19-4-18-7-12(19)16-3-17-13(7)25/h3-6,8-11,14-15,20-24H,1-2H2,(H,16,17,25)/t5-,6-,8-,9-,10-,11-,14-,15?/m1/s1. The van der Waals surface area contributed by atoms with Gasteiger partial charge in [-0.3, -0.25) is 4.57 Å². The molecule has 13 nitrogen and oxygen atoms in total. The molecule has 154 valence electrons. The van der Waals surface area contributed by atoms with Crippen LogP contribution in [0.5, 0.6) is 5.88 Å². The van der Waals surface area contributed by atoms with Crippen LogP contribution in [-0.2, 0) is 14.2 Å². The molecule has 4 heterocycles. The number of aliphatic hydroxyl groups is 5. The third-order valence-electron chi connectivity index (χ3n) is 4.87. The largest absolute Gasteiger partial charge is 0.492 e. The van der Waals surface area contributed by atoms with Gasteiger partial charge in [-0.1, -0.05) is 0 Å². The molecule has 0 spiro atoms. The Morgan fingerprint density at radius 2 is 1.71 bits per heavy atom. The Morgan fingerprint density at radius 3 is 2.43 bits per heavy atom. The number of nitrogens with zero attached hydrogens (tertiary/aromatic N) is 4. The Balaban J connectivity index is 1.45. The fourth-order valence-corrected chi connectivity index (χ4v) is 3.32. The summed E-state index contributed by atoms with van der Waals surface area (Å²) in [6.07, 6.45) is -7.24. The van der Waals surface area contributed by atoms with Crippen LogP contribution in [0.4, 0.5) is 0 Å². The van der Waals surface area contributed by atoms with Gasteiger partial charge in [-0.2, -0.15) is 4.98 Å². The van der Waals surface area contributed by atoms with Crippen molar-refractivity contribution in [2.45, 2.75) is 49.1 Å². The van der Waals surface area contributed by atoms with Gasteiger partial charge in [-0.15, -0.1) is 0 Å². The van der Waals surface area contributed by atoms with Gasteiger partial charge < -0.3 is 44.8 Å². The van der Waals surface area contributed by atoms with Gasteiger partial charge in [-0.25, -0.2) is 9.97 Å². The molecule has 2 saturated heterocycles. The van der Waals surface area contributed by atoms with Gasteiger partial charge in [0.25, 0.3) is 0 Å². The van der Waals surface area contributed by atoms with Crippen molar-refractivity contribution in [2.75, 3.05) is 13.2 Å². The van der Waals surface area contributed by atoms with Crippen LogP contribution in [0.2, 0.25) is 0 Å². The van der Waals surface area contributed by atoms with Crippen LogP contribution < -0.4 is 0 Å². The summed E-state index contributed by atoms with van der Waals surface area (Å²) in [5, 5.41) is 59.0.